The number of carbonyl (C=O) groups excluding carboxylic acids is 1. The van der Waals surface area contributed by atoms with Crippen LogP contribution in [-0.4, -0.2) is 20.6 Å². The Kier molecular flexibility index (Phi) is 5.61. The molecule has 1 heterocycles. The summed E-state index contributed by atoms with van der Waals surface area (Å²) in [6, 6.07) is 7.63. The molecule has 0 atom stereocenters. The van der Waals surface area contributed by atoms with Crippen LogP contribution in [-0.2, 0) is 24.9 Å². The molecule has 5 heteroatoms. The Balaban J connectivity index is 2.13. The number of aryl methyl sites for hydroxylation is 1. The van der Waals surface area contributed by atoms with Gasteiger partial charge >= 0.3 is 0 Å². The van der Waals surface area contributed by atoms with Crippen LogP contribution in [0.3, 0.4) is 0 Å². The first kappa shape index (κ1) is 16.6. The van der Waals surface area contributed by atoms with Crippen LogP contribution in [0, 0.1) is 5.92 Å². The highest BCUT2D eigenvalue weighted by Gasteiger charge is 2.16. The Morgan fingerprint density at radius 2 is 1.86 bits per heavy atom. The number of hydrogen-bond donors (Lipinski definition) is 0. The molecule has 0 unspecified atom stereocenters. The van der Waals surface area contributed by atoms with Gasteiger partial charge in [-0.15, -0.1) is 0 Å². The highest BCUT2D eigenvalue weighted by molar-refractivity contribution is 6.30. The molecule has 0 saturated carbocycles. The number of carbonyl (C=O) groups is 1. The number of halogens is 1. The number of nitrogens with zero attached hydrogens (tertiary/aromatic N) is 3. The molecule has 0 radical (unpaired) electrons. The van der Waals surface area contributed by atoms with Crippen LogP contribution in [0.15, 0.2) is 36.7 Å². The molecule has 1 aromatic carbocycles. The molecule has 4 nitrogen and oxygen atoms in total. The second-order valence-corrected chi connectivity index (χ2v) is 6.43. The van der Waals surface area contributed by atoms with Crippen molar-refractivity contribution in [2.24, 2.45) is 13.0 Å². The third-order valence-electron chi connectivity index (χ3n) is 3.35. The second kappa shape index (κ2) is 7.45. The van der Waals surface area contributed by atoms with E-state index in [1.807, 2.05) is 42.4 Å². The number of amides is 1. The minimum Gasteiger partial charge on any atom is -0.334 e. The van der Waals surface area contributed by atoms with E-state index in [0.717, 1.165) is 11.1 Å². The second-order valence-electron chi connectivity index (χ2n) is 6.00. The molecular formula is C17H22ClN3O. The number of benzene rings is 1. The highest BCUT2D eigenvalue weighted by Crippen LogP contribution is 2.15. The molecule has 2 aromatic rings. The molecule has 0 saturated heterocycles. The van der Waals surface area contributed by atoms with Crippen molar-refractivity contribution in [3.63, 3.8) is 0 Å². The van der Waals surface area contributed by atoms with Gasteiger partial charge in [-0.1, -0.05) is 37.6 Å². The van der Waals surface area contributed by atoms with Gasteiger partial charge in [-0.3, -0.25) is 9.48 Å². The number of rotatable bonds is 6. The maximum Gasteiger partial charge on any atom is 0.223 e. The molecule has 1 aromatic heterocycles. The fourth-order valence-corrected chi connectivity index (χ4v) is 2.42. The highest BCUT2D eigenvalue weighted by atomic mass is 35.5. The zero-order chi connectivity index (χ0) is 16.1. The Hall–Kier alpha value is -1.81. The van der Waals surface area contributed by atoms with E-state index in [2.05, 4.69) is 18.9 Å². The summed E-state index contributed by atoms with van der Waals surface area (Å²) < 4.78 is 1.75. The maximum absolute atomic E-state index is 12.5. The Labute approximate surface area is 136 Å². The zero-order valence-electron chi connectivity index (χ0n) is 13.3. The molecule has 0 aliphatic rings. The maximum atomic E-state index is 12.5. The van der Waals surface area contributed by atoms with Crippen LogP contribution in [0.1, 0.15) is 31.4 Å². The van der Waals surface area contributed by atoms with E-state index in [0.29, 0.717) is 30.5 Å². The van der Waals surface area contributed by atoms with Gasteiger partial charge in [-0.25, -0.2) is 0 Å². The molecular weight excluding hydrogens is 298 g/mol. The third kappa shape index (κ3) is 4.88. The summed E-state index contributed by atoms with van der Waals surface area (Å²) >= 11 is 5.92. The fourth-order valence-electron chi connectivity index (χ4n) is 2.29. The molecule has 0 fully saturated rings. The van der Waals surface area contributed by atoms with E-state index < -0.39 is 0 Å². The molecule has 0 aliphatic carbocycles. The Bertz CT molecular complexity index is 619. The molecule has 0 N–H and O–H groups in total. The quantitative estimate of drug-likeness (QED) is 0.815. The van der Waals surface area contributed by atoms with Crippen molar-refractivity contribution in [1.82, 2.24) is 14.7 Å². The Morgan fingerprint density at radius 1 is 1.23 bits per heavy atom. The monoisotopic (exact) mass is 319 g/mol. The van der Waals surface area contributed by atoms with Crippen LogP contribution >= 0.6 is 11.6 Å². The predicted octanol–water partition coefficient (Wildman–Crippen LogP) is 3.65. The van der Waals surface area contributed by atoms with Crippen molar-refractivity contribution < 1.29 is 4.79 Å². The smallest absolute Gasteiger partial charge is 0.223 e. The topological polar surface area (TPSA) is 38.1 Å². The van der Waals surface area contributed by atoms with Crippen LogP contribution < -0.4 is 0 Å². The molecule has 118 valence electrons. The van der Waals surface area contributed by atoms with Gasteiger partial charge in [0.15, 0.2) is 0 Å². The van der Waals surface area contributed by atoms with Gasteiger partial charge in [-0.05, 0) is 23.6 Å². The average molecular weight is 320 g/mol. The molecule has 1 amide bonds. The van der Waals surface area contributed by atoms with Crippen molar-refractivity contribution in [2.75, 3.05) is 0 Å². The van der Waals surface area contributed by atoms with Gasteiger partial charge in [0.2, 0.25) is 5.91 Å². The molecule has 22 heavy (non-hydrogen) atoms. The van der Waals surface area contributed by atoms with Crippen molar-refractivity contribution in [3.8, 4) is 0 Å². The average Bonchev–Trinajstić information content (AvgIpc) is 2.85. The summed E-state index contributed by atoms with van der Waals surface area (Å²) in [5.41, 5.74) is 2.11. The van der Waals surface area contributed by atoms with Gasteiger partial charge in [0.1, 0.15) is 0 Å². The van der Waals surface area contributed by atoms with Gasteiger partial charge in [-0.2, -0.15) is 5.10 Å². The summed E-state index contributed by atoms with van der Waals surface area (Å²) in [5, 5.41) is 4.87. The summed E-state index contributed by atoms with van der Waals surface area (Å²) in [7, 11) is 1.88. The van der Waals surface area contributed by atoms with Gasteiger partial charge in [0.05, 0.1) is 6.20 Å². The van der Waals surface area contributed by atoms with E-state index in [1.54, 1.807) is 10.9 Å². The summed E-state index contributed by atoms with van der Waals surface area (Å²) in [6.07, 6.45) is 4.29. The van der Waals surface area contributed by atoms with Crippen LogP contribution in [0.2, 0.25) is 5.02 Å². The van der Waals surface area contributed by atoms with Gasteiger partial charge < -0.3 is 4.90 Å². The lowest BCUT2D eigenvalue weighted by molar-refractivity contribution is -0.133. The summed E-state index contributed by atoms with van der Waals surface area (Å²) in [5.74, 6) is 0.503. The van der Waals surface area contributed by atoms with E-state index in [1.165, 1.54) is 0 Å². The minimum absolute atomic E-state index is 0.161. The Morgan fingerprint density at radius 3 is 2.41 bits per heavy atom. The lowest BCUT2D eigenvalue weighted by Gasteiger charge is -2.23. The first-order valence-electron chi connectivity index (χ1n) is 7.44. The van der Waals surface area contributed by atoms with E-state index in [4.69, 9.17) is 11.6 Å². The lowest BCUT2D eigenvalue weighted by atomic mass is 10.1. The van der Waals surface area contributed by atoms with Gasteiger partial charge in [0, 0.05) is 43.3 Å². The number of hydrogen-bond acceptors (Lipinski definition) is 2. The third-order valence-corrected chi connectivity index (χ3v) is 3.61. The first-order chi connectivity index (χ1) is 10.4. The molecule has 0 aliphatic heterocycles. The van der Waals surface area contributed by atoms with E-state index in [9.17, 15) is 4.79 Å². The molecule has 2 rings (SSSR count). The van der Waals surface area contributed by atoms with Gasteiger partial charge in [0.25, 0.3) is 0 Å². The van der Waals surface area contributed by atoms with Crippen LogP contribution in [0.4, 0.5) is 0 Å². The zero-order valence-corrected chi connectivity index (χ0v) is 14.0. The largest absolute Gasteiger partial charge is 0.334 e. The summed E-state index contributed by atoms with van der Waals surface area (Å²) in [4.78, 5) is 14.4. The summed E-state index contributed by atoms with van der Waals surface area (Å²) in [6.45, 7) is 5.27. The van der Waals surface area contributed by atoms with Crippen LogP contribution in [0.25, 0.3) is 0 Å². The van der Waals surface area contributed by atoms with Crippen molar-refractivity contribution in [1.29, 1.82) is 0 Å². The normalized spacial score (nSPS) is 11.0. The first-order valence-corrected chi connectivity index (χ1v) is 7.81. The molecule has 0 spiro atoms. The number of aromatic nitrogens is 2. The SMILES string of the molecule is CC(C)CC(=O)N(Cc1ccc(Cl)cc1)Cc1cnn(C)c1. The van der Waals surface area contributed by atoms with E-state index in [-0.39, 0.29) is 5.91 Å². The standard InChI is InChI=1S/C17H22ClN3O/c1-13(2)8-17(22)21(12-15-9-19-20(3)10-15)11-14-4-6-16(18)7-5-14/h4-7,9-10,13H,8,11-12H2,1-3H3. The van der Waals surface area contributed by atoms with Crippen LogP contribution in [0.5, 0.6) is 0 Å². The van der Waals surface area contributed by atoms with Crippen molar-refractivity contribution in [2.45, 2.75) is 33.4 Å². The minimum atomic E-state index is 0.161. The predicted molar refractivity (Wildman–Crippen MR) is 88.4 cm³/mol. The van der Waals surface area contributed by atoms with Crippen molar-refractivity contribution in [3.05, 3.63) is 52.8 Å². The molecule has 0 bridgehead atoms. The lowest BCUT2D eigenvalue weighted by Crippen LogP contribution is -2.30. The fraction of sp³-hybridized carbons (Fsp3) is 0.412. The van der Waals surface area contributed by atoms with E-state index >= 15 is 0 Å². The van der Waals surface area contributed by atoms with Crippen molar-refractivity contribution >= 4 is 17.5 Å².